The molecular formula is C17H22N2O2. The van der Waals surface area contributed by atoms with Crippen molar-refractivity contribution in [2.24, 2.45) is 0 Å². The molecule has 0 unspecified atom stereocenters. The topological polar surface area (TPSA) is 52.6 Å². The summed E-state index contributed by atoms with van der Waals surface area (Å²) in [4.78, 5) is 14.0. The molecule has 0 spiro atoms. The van der Waals surface area contributed by atoms with Gasteiger partial charge in [-0.05, 0) is 24.8 Å². The van der Waals surface area contributed by atoms with Crippen molar-refractivity contribution in [3.8, 4) is 0 Å². The number of aliphatic hydroxyl groups is 1. The van der Waals surface area contributed by atoms with Gasteiger partial charge >= 0.3 is 6.03 Å². The van der Waals surface area contributed by atoms with Crippen LogP contribution in [0, 0.1) is 0 Å². The molecule has 0 aliphatic carbocycles. The molecule has 4 heteroatoms. The Morgan fingerprint density at radius 2 is 1.95 bits per heavy atom. The van der Waals surface area contributed by atoms with Crippen molar-refractivity contribution in [3.63, 3.8) is 0 Å². The molecule has 2 aromatic rings. The molecule has 2 rings (SSSR count). The Bertz CT molecular complexity index is 605. The molecular weight excluding hydrogens is 264 g/mol. The molecule has 0 saturated carbocycles. The molecule has 0 aliphatic heterocycles. The summed E-state index contributed by atoms with van der Waals surface area (Å²) in [7, 11) is 0. The van der Waals surface area contributed by atoms with E-state index in [2.05, 4.69) is 5.32 Å². The molecule has 112 valence electrons. The Hall–Kier alpha value is -2.07. The van der Waals surface area contributed by atoms with Crippen LogP contribution in [0.1, 0.15) is 20.3 Å². The Morgan fingerprint density at radius 1 is 1.24 bits per heavy atom. The minimum absolute atomic E-state index is 0.172. The van der Waals surface area contributed by atoms with E-state index in [1.165, 1.54) is 0 Å². The molecule has 0 aromatic heterocycles. The standard InChI is InChI=1S/C17H22N2O2/c1-3-11-19(12-13(2)20)17(21)18-16-10-6-8-14-7-4-5-9-15(14)16/h4-10,13,20H,3,11-12H2,1-2H3,(H,18,21)/t13-/m1/s1. The van der Waals surface area contributed by atoms with Crippen LogP contribution in [0.4, 0.5) is 10.5 Å². The minimum atomic E-state index is -0.533. The van der Waals surface area contributed by atoms with Crippen LogP contribution in [-0.4, -0.2) is 35.2 Å². The lowest BCUT2D eigenvalue weighted by molar-refractivity contribution is 0.138. The summed E-state index contributed by atoms with van der Waals surface area (Å²) in [6.07, 6.45) is 0.324. The number of benzene rings is 2. The lowest BCUT2D eigenvalue weighted by Gasteiger charge is -2.24. The van der Waals surface area contributed by atoms with E-state index in [4.69, 9.17) is 0 Å². The predicted octanol–water partition coefficient (Wildman–Crippen LogP) is 3.46. The summed E-state index contributed by atoms with van der Waals surface area (Å²) in [6, 6.07) is 13.6. The maximum absolute atomic E-state index is 12.4. The summed E-state index contributed by atoms with van der Waals surface area (Å²) in [5.74, 6) is 0. The van der Waals surface area contributed by atoms with Gasteiger partial charge in [0.15, 0.2) is 0 Å². The van der Waals surface area contributed by atoms with Crippen LogP contribution in [-0.2, 0) is 0 Å². The summed E-state index contributed by atoms with van der Waals surface area (Å²) < 4.78 is 0. The molecule has 0 aliphatic rings. The number of carbonyl (C=O) groups excluding carboxylic acids is 1. The number of fused-ring (bicyclic) bond motifs is 1. The SMILES string of the molecule is CCCN(C[C@@H](C)O)C(=O)Nc1cccc2ccccc12. The average Bonchev–Trinajstić information content (AvgIpc) is 2.47. The first-order valence-corrected chi connectivity index (χ1v) is 7.33. The van der Waals surface area contributed by atoms with Crippen molar-refractivity contribution < 1.29 is 9.90 Å². The van der Waals surface area contributed by atoms with Gasteiger partial charge in [0.2, 0.25) is 0 Å². The van der Waals surface area contributed by atoms with Crippen LogP contribution in [0.5, 0.6) is 0 Å². The Labute approximate surface area is 125 Å². The predicted molar refractivity (Wildman–Crippen MR) is 86.5 cm³/mol. The summed E-state index contributed by atoms with van der Waals surface area (Å²) in [6.45, 7) is 4.67. The molecule has 2 aromatic carbocycles. The van der Waals surface area contributed by atoms with Crippen molar-refractivity contribution in [3.05, 3.63) is 42.5 Å². The van der Waals surface area contributed by atoms with Crippen LogP contribution in [0.15, 0.2) is 42.5 Å². The quantitative estimate of drug-likeness (QED) is 0.884. The molecule has 0 saturated heterocycles. The smallest absolute Gasteiger partial charge is 0.321 e. The third kappa shape index (κ3) is 3.95. The van der Waals surface area contributed by atoms with E-state index in [1.54, 1.807) is 11.8 Å². The maximum atomic E-state index is 12.4. The van der Waals surface area contributed by atoms with Gasteiger partial charge in [-0.25, -0.2) is 4.79 Å². The third-order valence-corrected chi connectivity index (χ3v) is 3.30. The van der Waals surface area contributed by atoms with E-state index in [9.17, 15) is 9.90 Å². The molecule has 4 nitrogen and oxygen atoms in total. The number of nitrogens with zero attached hydrogens (tertiary/aromatic N) is 1. The Kier molecular flexibility index (Phi) is 5.17. The number of rotatable bonds is 5. The number of carbonyl (C=O) groups is 1. The average molecular weight is 286 g/mol. The van der Waals surface area contributed by atoms with Crippen molar-refractivity contribution in [2.45, 2.75) is 26.4 Å². The van der Waals surface area contributed by atoms with Gasteiger partial charge in [0.1, 0.15) is 0 Å². The van der Waals surface area contributed by atoms with Gasteiger partial charge in [-0.2, -0.15) is 0 Å². The molecule has 0 fully saturated rings. The minimum Gasteiger partial charge on any atom is -0.392 e. The van der Waals surface area contributed by atoms with E-state index in [-0.39, 0.29) is 6.03 Å². The van der Waals surface area contributed by atoms with E-state index < -0.39 is 6.10 Å². The maximum Gasteiger partial charge on any atom is 0.321 e. The summed E-state index contributed by atoms with van der Waals surface area (Å²) >= 11 is 0. The molecule has 2 N–H and O–H groups in total. The number of nitrogens with one attached hydrogen (secondary N) is 1. The first-order valence-electron chi connectivity index (χ1n) is 7.33. The second kappa shape index (κ2) is 7.09. The van der Waals surface area contributed by atoms with E-state index in [1.807, 2.05) is 49.4 Å². The second-order valence-corrected chi connectivity index (χ2v) is 5.25. The fraction of sp³-hybridized carbons (Fsp3) is 0.353. The normalized spacial score (nSPS) is 12.1. The van der Waals surface area contributed by atoms with Gasteiger partial charge in [0, 0.05) is 18.5 Å². The first kappa shape index (κ1) is 15.3. The van der Waals surface area contributed by atoms with Gasteiger partial charge in [-0.3, -0.25) is 0 Å². The van der Waals surface area contributed by atoms with E-state index >= 15 is 0 Å². The van der Waals surface area contributed by atoms with Crippen LogP contribution >= 0.6 is 0 Å². The number of urea groups is 1. The highest BCUT2D eigenvalue weighted by Crippen LogP contribution is 2.23. The fourth-order valence-corrected chi connectivity index (χ4v) is 2.39. The zero-order valence-corrected chi connectivity index (χ0v) is 12.5. The highest BCUT2D eigenvalue weighted by atomic mass is 16.3. The van der Waals surface area contributed by atoms with Crippen molar-refractivity contribution in [1.29, 1.82) is 0 Å². The molecule has 21 heavy (non-hydrogen) atoms. The number of amides is 2. The zero-order chi connectivity index (χ0) is 15.2. The van der Waals surface area contributed by atoms with Gasteiger partial charge in [0.25, 0.3) is 0 Å². The first-order chi connectivity index (χ1) is 10.1. The summed E-state index contributed by atoms with van der Waals surface area (Å²) in [5, 5.41) is 14.6. The lowest BCUT2D eigenvalue weighted by atomic mass is 10.1. The number of hydrogen-bond acceptors (Lipinski definition) is 2. The van der Waals surface area contributed by atoms with Crippen molar-refractivity contribution in [2.75, 3.05) is 18.4 Å². The van der Waals surface area contributed by atoms with Gasteiger partial charge in [-0.15, -0.1) is 0 Å². The van der Waals surface area contributed by atoms with Crippen molar-refractivity contribution >= 4 is 22.5 Å². The molecule has 0 bridgehead atoms. The molecule has 0 radical (unpaired) electrons. The van der Waals surface area contributed by atoms with Crippen LogP contribution in [0.2, 0.25) is 0 Å². The molecule has 1 atom stereocenters. The van der Waals surface area contributed by atoms with Gasteiger partial charge in [0.05, 0.1) is 11.8 Å². The van der Waals surface area contributed by atoms with Gasteiger partial charge < -0.3 is 15.3 Å². The van der Waals surface area contributed by atoms with E-state index in [0.29, 0.717) is 13.1 Å². The zero-order valence-electron chi connectivity index (χ0n) is 12.5. The van der Waals surface area contributed by atoms with Crippen LogP contribution in [0.3, 0.4) is 0 Å². The van der Waals surface area contributed by atoms with E-state index in [0.717, 1.165) is 22.9 Å². The van der Waals surface area contributed by atoms with Gasteiger partial charge in [-0.1, -0.05) is 43.3 Å². The highest BCUT2D eigenvalue weighted by Gasteiger charge is 2.15. The summed E-state index contributed by atoms with van der Waals surface area (Å²) in [5.41, 5.74) is 0.796. The largest absolute Gasteiger partial charge is 0.392 e. The van der Waals surface area contributed by atoms with Crippen LogP contribution < -0.4 is 5.32 Å². The molecule has 0 heterocycles. The third-order valence-electron chi connectivity index (χ3n) is 3.30. The monoisotopic (exact) mass is 286 g/mol. The van der Waals surface area contributed by atoms with Crippen molar-refractivity contribution in [1.82, 2.24) is 4.90 Å². The van der Waals surface area contributed by atoms with Crippen LogP contribution in [0.25, 0.3) is 10.8 Å². The molecule has 2 amide bonds. The Morgan fingerprint density at radius 3 is 2.67 bits per heavy atom. The Balaban J connectivity index is 2.20. The highest BCUT2D eigenvalue weighted by molar-refractivity contribution is 6.01. The lowest BCUT2D eigenvalue weighted by Crippen LogP contribution is -2.40. The number of anilines is 1. The fourth-order valence-electron chi connectivity index (χ4n) is 2.39. The number of hydrogen-bond donors (Lipinski definition) is 2. The second-order valence-electron chi connectivity index (χ2n) is 5.25. The number of aliphatic hydroxyl groups excluding tert-OH is 1.